The molecule has 0 heterocycles. The van der Waals surface area contributed by atoms with Crippen LogP contribution >= 0.6 is 0 Å². The molecule has 8 heteroatoms. The van der Waals surface area contributed by atoms with Gasteiger partial charge in [-0.25, -0.2) is 13.2 Å². The van der Waals surface area contributed by atoms with Crippen LogP contribution < -0.4 is 9.62 Å². The summed E-state index contributed by atoms with van der Waals surface area (Å²) in [5.74, 6) is -1.05. The van der Waals surface area contributed by atoms with Crippen molar-refractivity contribution in [1.82, 2.24) is 0 Å². The predicted molar refractivity (Wildman–Crippen MR) is 109 cm³/mol. The van der Waals surface area contributed by atoms with Gasteiger partial charge in [-0.2, -0.15) is 0 Å². The standard InChI is InChI=1S/C20H24N2O5S/c1-13-9-10-18(11-14(13)2)22(28(5,25)26)15(3)19(23)21-17-8-6-7-16(12-17)20(24)27-4/h6-12,15H,1-5H3,(H,21,23)/t15-/m0/s1. The number of carbonyl (C=O) groups excluding carboxylic acids is 2. The van der Waals surface area contributed by atoms with Crippen molar-refractivity contribution >= 4 is 33.3 Å². The molecule has 0 aliphatic heterocycles. The van der Waals surface area contributed by atoms with E-state index in [1.54, 1.807) is 30.3 Å². The molecule has 1 amide bonds. The molecule has 28 heavy (non-hydrogen) atoms. The summed E-state index contributed by atoms with van der Waals surface area (Å²) < 4.78 is 30.5. The molecule has 1 N–H and O–H groups in total. The Morgan fingerprint density at radius 1 is 1.07 bits per heavy atom. The van der Waals surface area contributed by atoms with Gasteiger partial charge in [0.2, 0.25) is 15.9 Å². The van der Waals surface area contributed by atoms with Gasteiger partial charge in [0.05, 0.1) is 24.6 Å². The number of aryl methyl sites for hydroxylation is 2. The second kappa shape index (κ2) is 8.43. The van der Waals surface area contributed by atoms with Crippen LogP contribution in [-0.2, 0) is 19.6 Å². The Balaban J connectivity index is 2.32. The fraction of sp³-hybridized carbons (Fsp3) is 0.300. The normalized spacial score (nSPS) is 12.2. The second-order valence-corrected chi connectivity index (χ2v) is 8.42. The average Bonchev–Trinajstić information content (AvgIpc) is 2.63. The molecule has 150 valence electrons. The number of methoxy groups -OCH3 is 1. The van der Waals surface area contributed by atoms with E-state index < -0.39 is 27.9 Å². The Morgan fingerprint density at radius 3 is 2.32 bits per heavy atom. The average molecular weight is 404 g/mol. The quantitative estimate of drug-likeness (QED) is 0.748. The van der Waals surface area contributed by atoms with Crippen LogP contribution in [0.2, 0.25) is 0 Å². The number of hydrogen-bond donors (Lipinski definition) is 1. The third-order valence-electron chi connectivity index (χ3n) is 4.38. The molecular formula is C20H24N2O5S. The van der Waals surface area contributed by atoms with Gasteiger partial charge in [-0.05, 0) is 62.2 Å². The minimum atomic E-state index is -3.71. The van der Waals surface area contributed by atoms with Crippen molar-refractivity contribution in [2.24, 2.45) is 0 Å². The molecule has 0 bridgehead atoms. The molecule has 7 nitrogen and oxygen atoms in total. The number of nitrogens with zero attached hydrogens (tertiary/aromatic N) is 1. The van der Waals surface area contributed by atoms with Crippen LogP contribution in [0.1, 0.15) is 28.4 Å². The predicted octanol–water partition coefficient (Wildman–Crippen LogP) is 2.88. The monoisotopic (exact) mass is 404 g/mol. The van der Waals surface area contributed by atoms with Crippen LogP contribution in [-0.4, -0.2) is 39.7 Å². The highest BCUT2D eigenvalue weighted by molar-refractivity contribution is 7.92. The molecule has 2 aromatic rings. The minimum Gasteiger partial charge on any atom is -0.465 e. The zero-order chi connectivity index (χ0) is 21.1. The Kier molecular flexibility index (Phi) is 6.45. The van der Waals surface area contributed by atoms with Crippen molar-refractivity contribution in [3.8, 4) is 0 Å². The van der Waals surface area contributed by atoms with Crippen molar-refractivity contribution in [3.05, 3.63) is 59.2 Å². The minimum absolute atomic E-state index is 0.280. The summed E-state index contributed by atoms with van der Waals surface area (Å²) >= 11 is 0. The summed E-state index contributed by atoms with van der Waals surface area (Å²) in [6.07, 6.45) is 1.06. The van der Waals surface area contributed by atoms with Gasteiger partial charge in [-0.3, -0.25) is 9.10 Å². The SMILES string of the molecule is COC(=O)c1cccc(NC(=O)[C@H](C)N(c2ccc(C)c(C)c2)S(C)(=O)=O)c1. The van der Waals surface area contributed by atoms with Crippen LogP contribution in [0.4, 0.5) is 11.4 Å². The molecule has 0 spiro atoms. The van der Waals surface area contributed by atoms with Crippen molar-refractivity contribution < 1.29 is 22.7 Å². The van der Waals surface area contributed by atoms with Crippen molar-refractivity contribution in [1.29, 1.82) is 0 Å². The second-order valence-electron chi connectivity index (χ2n) is 6.56. The number of rotatable bonds is 6. The van der Waals surface area contributed by atoms with Crippen LogP contribution in [0, 0.1) is 13.8 Å². The Labute approximate surface area is 165 Å². The van der Waals surface area contributed by atoms with E-state index in [0.29, 0.717) is 11.4 Å². The fourth-order valence-electron chi connectivity index (χ4n) is 2.76. The Hall–Kier alpha value is -2.87. The van der Waals surface area contributed by atoms with Crippen LogP contribution in [0.5, 0.6) is 0 Å². The molecule has 0 unspecified atom stereocenters. The molecule has 0 aliphatic rings. The maximum atomic E-state index is 12.7. The highest BCUT2D eigenvalue weighted by Gasteiger charge is 2.29. The molecule has 0 saturated carbocycles. The first kappa shape index (κ1) is 21.4. The molecule has 2 rings (SSSR count). The number of anilines is 2. The maximum absolute atomic E-state index is 12.7. The van der Waals surface area contributed by atoms with Gasteiger partial charge < -0.3 is 10.1 Å². The van der Waals surface area contributed by atoms with E-state index in [-0.39, 0.29) is 5.56 Å². The van der Waals surface area contributed by atoms with E-state index >= 15 is 0 Å². The van der Waals surface area contributed by atoms with E-state index in [0.717, 1.165) is 21.7 Å². The number of nitrogens with one attached hydrogen (secondary N) is 1. The highest BCUT2D eigenvalue weighted by Crippen LogP contribution is 2.24. The number of esters is 1. The molecule has 0 aliphatic carbocycles. The molecule has 2 aromatic carbocycles. The summed E-state index contributed by atoms with van der Waals surface area (Å²) in [4.78, 5) is 24.4. The summed E-state index contributed by atoms with van der Waals surface area (Å²) in [6, 6.07) is 10.5. The van der Waals surface area contributed by atoms with Gasteiger partial charge in [-0.15, -0.1) is 0 Å². The lowest BCUT2D eigenvalue weighted by Crippen LogP contribution is -2.45. The first-order valence-corrected chi connectivity index (χ1v) is 10.5. The molecule has 0 aromatic heterocycles. The Morgan fingerprint density at radius 2 is 1.75 bits per heavy atom. The van der Waals surface area contributed by atoms with Crippen LogP contribution in [0.15, 0.2) is 42.5 Å². The van der Waals surface area contributed by atoms with Crippen molar-refractivity contribution in [2.75, 3.05) is 23.0 Å². The fourth-order valence-corrected chi connectivity index (χ4v) is 3.93. The van der Waals surface area contributed by atoms with Gasteiger partial charge >= 0.3 is 5.97 Å². The summed E-state index contributed by atoms with van der Waals surface area (Å²) in [6.45, 7) is 5.31. The molecule has 0 radical (unpaired) electrons. The smallest absolute Gasteiger partial charge is 0.337 e. The molecule has 0 saturated heterocycles. The van der Waals surface area contributed by atoms with Gasteiger partial charge in [0.25, 0.3) is 0 Å². The first-order valence-electron chi connectivity index (χ1n) is 8.60. The zero-order valence-electron chi connectivity index (χ0n) is 16.5. The number of amides is 1. The summed E-state index contributed by atoms with van der Waals surface area (Å²) in [7, 11) is -2.44. The third-order valence-corrected chi connectivity index (χ3v) is 5.63. The van der Waals surface area contributed by atoms with Gasteiger partial charge in [0.15, 0.2) is 0 Å². The van der Waals surface area contributed by atoms with E-state index in [1.807, 2.05) is 19.9 Å². The topological polar surface area (TPSA) is 92.8 Å². The van der Waals surface area contributed by atoms with Crippen LogP contribution in [0.3, 0.4) is 0 Å². The summed E-state index contributed by atoms with van der Waals surface area (Å²) in [5.41, 5.74) is 3.00. The number of sulfonamides is 1. The maximum Gasteiger partial charge on any atom is 0.337 e. The van der Waals surface area contributed by atoms with Gasteiger partial charge in [-0.1, -0.05) is 12.1 Å². The lowest BCUT2D eigenvalue weighted by molar-refractivity contribution is -0.116. The lowest BCUT2D eigenvalue weighted by atomic mass is 10.1. The van der Waals surface area contributed by atoms with E-state index in [1.165, 1.54) is 20.1 Å². The summed E-state index contributed by atoms with van der Waals surface area (Å²) in [5, 5.41) is 2.66. The van der Waals surface area contributed by atoms with E-state index in [9.17, 15) is 18.0 Å². The van der Waals surface area contributed by atoms with E-state index in [4.69, 9.17) is 0 Å². The number of benzene rings is 2. The zero-order valence-corrected chi connectivity index (χ0v) is 17.3. The molecule has 1 atom stereocenters. The van der Waals surface area contributed by atoms with Crippen molar-refractivity contribution in [3.63, 3.8) is 0 Å². The van der Waals surface area contributed by atoms with Crippen molar-refractivity contribution in [2.45, 2.75) is 26.8 Å². The molecule has 0 fully saturated rings. The largest absolute Gasteiger partial charge is 0.465 e. The van der Waals surface area contributed by atoms with Crippen LogP contribution in [0.25, 0.3) is 0 Å². The highest BCUT2D eigenvalue weighted by atomic mass is 32.2. The first-order chi connectivity index (χ1) is 13.0. The number of hydrogen-bond acceptors (Lipinski definition) is 5. The molecular weight excluding hydrogens is 380 g/mol. The van der Waals surface area contributed by atoms with Gasteiger partial charge in [0, 0.05) is 5.69 Å². The third kappa shape index (κ3) is 4.89. The van der Waals surface area contributed by atoms with Gasteiger partial charge in [0.1, 0.15) is 6.04 Å². The lowest BCUT2D eigenvalue weighted by Gasteiger charge is -2.28. The number of carbonyl (C=O) groups is 2. The Bertz CT molecular complexity index is 1000. The number of ether oxygens (including phenoxy) is 1. The van der Waals surface area contributed by atoms with E-state index in [2.05, 4.69) is 10.1 Å².